The summed E-state index contributed by atoms with van der Waals surface area (Å²) in [6.45, 7) is 4.04. The lowest BCUT2D eigenvalue weighted by atomic mass is 10.0. The number of benzene rings is 2. The van der Waals surface area contributed by atoms with Crippen molar-refractivity contribution in [2.45, 2.75) is 26.7 Å². The maximum Gasteiger partial charge on any atom is 0.251 e. The summed E-state index contributed by atoms with van der Waals surface area (Å²) < 4.78 is 0. The molecule has 0 aliphatic carbocycles. The molecule has 128 valence electrons. The first-order valence-corrected chi connectivity index (χ1v) is 8.40. The van der Waals surface area contributed by atoms with Crippen LogP contribution in [0.2, 0.25) is 0 Å². The summed E-state index contributed by atoms with van der Waals surface area (Å²) in [5.41, 5.74) is 4.47. The van der Waals surface area contributed by atoms with Crippen molar-refractivity contribution < 1.29 is 4.79 Å². The number of aromatic nitrogens is 1. The zero-order valence-electron chi connectivity index (χ0n) is 14.8. The van der Waals surface area contributed by atoms with Crippen molar-refractivity contribution in [2.75, 3.05) is 11.9 Å². The summed E-state index contributed by atoms with van der Waals surface area (Å²) in [5, 5.41) is 1.03. The number of carbonyl (C=O) groups excluding carboxylic acids is 1. The molecule has 1 aromatic heterocycles. The molecule has 0 fully saturated rings. The molecule has 0 radical (unpaired) electrons. The van der Waals surface area contributed by atoms with Crippen LogP contribution in [0.5, 0.6) is 0 Å². The molecule has 4 nitrogen and oxygen atoms in total. The number of hydrogen-bond acceptors (Lipinski definition) is 2. The molecule has 4 heteroatoms. The second kappa shape index (κ2) is 6.93. The van der Waals surface area contributed by atoms with E-state index in [1.54, 1.807) is 11.9 Å². The van der Waals surface area contributed by atoms with E-state index >= 15 is 0 Å². The predicted octanol–water partition coefficient (Wildman–Crippen LogP) is 3.74. The number of pyridine rings is 1. The van der Waals surface area contributed by atoms with Crippen LogP contribution in [0, 0.1) is 13.8 Å². The third kappa shape index (κ3) is 3.63. The summed E-state index contributed by atoms with van der Waals surface area (Å²) in [6, 6.07) is 15.5. The number of carbonyl (C=O) groups is 1. The van der Waals surface area contributed by atoms with Gasteiger partial charge in [0.05, 0.1) is 0 Å². The van der Waals surface area contributed by atoms with Crippen molar-refractivity contribution in [3.63, 3.8) is 0 Å². The van der Waals surface area contributed by atoms with Crippen LogP contribution in [0.4, 0.5) is 5.69 Å². The summed E-state index contributed by atoms with van der Waals surface area (Å²) >= 11 is 0. The van der Waals surface area contributed by atoms with Gasteiger partial charge < -0.3 is 9.88 Å². The van der Waals surface area contributed by atoms with Crippen LogP contribution >= 0.6 is 0 Å². The van der Waals surface area contributed by atoms with Gasteiger partial charge in [0.2, 0.25) is 5.91 Å². The molecule has 0 spiro atoms. The average Bonchev–Trinajstić information content (AvgIpc) is 2.60. The maximum absolute atomic E-state index is 12.4. The third-order valence-corrected chi connectivity index (χ3v) is 4.52. The maximum atomic E-state index is 12.4. The number of nitrogens with one attached hydrogen (secondary N) is 1. The number of fused-ring (bicyclic) bond motifs is 1. The number of H-pyrrole nitrogens is 1. The Hall–Kier alpha value is -2.88. The van der Waals surface area contributed by atoms with E-state index in [0.717, 1.165) is 27.7 Å². The molecule has 1 amide bonds. The fourth-order valence-electron chi connectivity index (χ4n) is 3.11. The summed E-state index contributed by atoms with van der Waals surface area (Å²) in [4.78, 5) is 29.3. The Kier molecular flexibility index (Phi) is 4.70. The SMILES string of the molecule is Cc1cc(C)c2cc(CCC(=O)N(C)c3ccccc3)c(=O)[nH]c2c1. The van der Waals surface area contributed by atoms with Crippen LogP contribution in [-0.2, 0) is 11.2 Å². The Bertz CT molecular complexity index is 974. The highest BCUT2D eigenvalue weighted by Crippen LogP contribution is 2.19. The lowest BCUT2D eigenvalue weighted by Gasteiger charge is -2.17. The Morgan fingerprint density at radius 3 is 2.52 bits per heavy atom. The predicted molar refractivity (Wildman–Crippen MR) is 102 cm³/mol. The minimum absolute atomic E-state index is 0.00803. The van der Waals surface area contributed by atoms with E-state index in [2.05, 4.69) is 11.1 Å². The van der Waals surface area contributed by atoms with E-state index in [0.29, 0.717) is 18.4 Å². The molecule has 0 bridgehead atoms. The normalized spacial score (nSPS) is 10.8. The van der Waals surface area contributed by atoms with Gasteiger partial charge in [0, 0.05) is 35.6 Å². The lowest BCUT2D eigenvalue weighted by Crippen LogP contribution is -2.27. The number of amides is 1. The van der Waals surface area contributed by atoms with Crippen molar-refractivity contribution in [1.82, 2.24) is 4.98 Å². The van der Waals surface area contributed by atoms with E-state index < -0.39 is 0 Å². The van der Waals surface area contributed by atoms with E-state index in [-0.39, 0.29) is 11.5 Å². The van der Waals surface area contributed by atoms with Gasteiger partial charge in [-0.05, 0) is 55.7 Å². The molecule has 1 N–H and O–H groups in total. The molecule has 25 heavy (non-hydrogen) atoms. The molecule has 2 aromatic carbocycles. The van der Waals surface area contributed by atoms with E-state index in [1.165, 1.54) is 0 Å². The first kappa shape index (κ1) is 17.0. The van der Waals surface area contributed by atoms with E-state index in [9.17, 15) is 9.59 Å². The molecule has 0 unspecified atom stereocenters. The summed E-state index contributed by atoms with van der Waals surface area (Å²) in [6.07, 6.45) is 0.722. The molecule has 3 aromatic rings. The van der Waals surface area contributed by atoms with E-state index in [1.807, 2.05) is 56.3 Å². The first-order chi connectivity index (χ1) is 12.0. The highest BCUT2D eigenvalue weighted by molar-refractivity contribution is 5.93. The fourth-order valence-corrected chi connectivity index (χ4v) is 3.11. The minimum Gasteiger partial charge on any atom is -0.322 e. The zero-order chi connectivity index (χ0) is 18.0. The Labute approximate surface area is 147 Å². The van der Waals surface area contributed by atoms with Gasteiger partial charge in [-0.25, -0.2) is 0 Å². The Morgan fingerprint density at radius 2 is 1.80 bits per heavy atom. The van der Waals surface area contributed by atoms with Crippen molar-refractivity contribution in [3.8, 4) is 0 Å². The largest absolute Gasteiger partial charge is 0.322 e. The van der Waals surface area contributed by atoms with Crippen LogP contribution in [0.25, 0.3) is 10.9 Å². The fraction of sp³-hybridized carbons (Fsp3) is 0.238. The molecule has 0 saturated heterocycles. The Morgan fingerprint density at radius 1 is 1.08 bits per heavy atom. The van der Waals surface area contributed by atoms with Crippen LogP contribution < -0.4 is 10.5 Å². The number of anilines is 1. The zero-order valence-corrected chi connectivity index (χ0v) is 14.8. The smallest absolute Gasteiger partial charge is 0.251 e. The molecule has 1 heterocycles. The molecule has 0 aliphatic rings. The van der Waals surface area contributed by atoms with Crippen LogP contribution in [0.15, 0.2) is 53.3 Å². The molecule has 3 rings (SSSR count). The monoisotopic (exact) mass is 334 g/mol. The first-order valence-electron chi connectivity index (χ1n) is 8.40. The number of aromatic amines is 1. The molecule has 0 saturated carbocycles. The second-order valence-electron chi connectivity index (χ2n) is 6.46. The number of nitrogens with zero attached hydrogens (tertiary/aromatic N) is 1. The number of hydrogen-bond donors (Lipinski definition) is 1. The molecule has 0 atom stereocenters. The number of aryl methyl sites for hydroxylation is 3. The third-order valence-electron chi connectivity index (χ3n) is 4.52. The van der Waals surface area contributed by atoms with Gasteiger partial charge in [-0.15, -0.1) is 0 Å². The van der Waals surface area contributed by atoms with E-state index in [4.69, 9.17) is 0 Å². The summed E-state index contributed by atoms with van der Waals surface area (Å²) in [7, 11) is 1.76. The van der Waals surface area contributed by atoms with Crippen molar-refractivity contribution in [2.24, 2.45) is 0 Å². The van der Waals surface area contributed by atoms with Crippen molar-refractivity contribution in [3.05, 3.63) is 75.6 Å². The molecule has 0 aliphatic heterocycles. The quantitative estimate of drug-likeness (QED) is 0.790. The molecular weight excluding hydrogens is 312 g/mol. The van der Waals surface area contributed by atoms with Crippen molar-refractivity contribution in [1.29, 1.82) is 0 Å². The highest BCUT2D eigenvalue weighted by Gasteiger charge is 2.13. The lowest BCUT2D eigenvalue weighted by molar-refractivity contribution is -0.118. The highest BCUT2D eigenvalue weighted by atomic mass is 16.2. The topological polar surface area (TPSA) is 53.2 Å². The second-order valence-corrected chi connectivity index (χ2v) is 6.46. The standard InChI is InChI=1S/C21H22N2O2/c1-14-11-15(2)18-13-16(21(25)22-19(18)12-14)9-10-20(24)23(3)17-7-5-4-6-8-17/h4-8,11-13H,9-10H2,1-3H3,(H,22,25). The number of para-hydroxylation sites is 1. The van der Waals surface area contributed by atoms with Crippen molar-refractivity contribution >= 4 is 22.5 Å². The molecular formula is C21H22N2O2. The average molecular weight is 334 g/mol. The summed E-state index contributed by atoms with van der Waals surface area (Å²) in [5.74, 6) is -0.00803. The minimum atomic E-state index is -0.118. The number of rotatable bonds is 4. The van der Waals surface area contributed by atoms with Gasteiger partial charge in [-0.1, -0.05) is 24.3 Å². The van der Waals surface area contributed by atoms with Crippen LogP contribution in [0.3, 0.4) is 0 Å². The van der Waals surface area contributed by atoms with Crippen LogP contribution in [0.1, 0.15) is 23.1 Å². The van der Waals surface area contributed by atoms with Gasteiger partial charge >= 0.3 is 0 Å². The van der Waals surface area contributed by atoms with Gasteiger partial charge in [0.25, 0.3) is 5.56 Å². The van der Waals surface area contributed by atoms with Gasteiger partial charge in [0.1, 0.15) is 0 Å². The van der Waals surface area contributed by atoms with Gasteiger partial charge in [-0.3, -0.25) is 9.59 Å². The van der Waals surface area contributed by atoms with Gasteiger partial charge in [-0.2, -0.15) is 0 Å². The van der Waals surface area contributed by atoms with Gasteiger partial charge in [0.15, 0.2) is 0 Å². The van der Waals surface area contributed by atoms with Crippen LogP contribution in [-0.4, -0.2) is 17.9 Å². The Balaban J connectivity index is 1.80.